The van der Waals surface area contributed by atoms with Crippen molar-refractivity contribution in [2.45, 2.75) is 46.1 Å². The van der Waals surface area contributed by atoms with Crippen molar-refractivity contribution in [1.29, 1.82) is 0 Å². The Morgan fingerprint density at radius 2 is 1.57 bits per heavy atom. The fraction of sp³-hybridized carbons (Fsp3) is 0.667. The van der Waals surface area contributed by atoms with E-state index in [0.29, 0.717) is 0 Å². The molecule has 2 N–H and O–H groups in total. The highest BCUT2D eigenvalue weighted by molar-refractivity contribution is 5.17. The molecule has 0 unspecified atom stereocenters. The fourth-order valence-electron chi connectivity index (χ4n) is 2.36. The zero-order valence-corrected chi connectivity index (χ0v) is 9.80. The zero-order valence-electron chi connectivity index (χ0n) is 9.80. The summed E-state index contributed by atoms with van der Waals surface area (Å²) in [4.78, 5) is 0. The number of hydrogen-bond donors (Lipinski definition) is 1. The number of aryl methyl sites for hydroxylation is 2. The molecule has 1 aromatic heterocycles. The van der Waals surface area contributed by atoms with Gasteiger partial charge in [-0.25, -0.2) is 0 Å². The first-order valence-electron chi connectivity index (χ1n) is 5.46. The van der Waals surface area contributed by atoms with Gasteiger partial charge >= 0.3 is 0 Å². The average Bonchev–Trinajstić information content (AvgIpc) is 2.53. The summed E-state index contributed by atoms with van der Waals surface area (Å²) in [5, 5.41) is 0. The van der Waals surface area contributed by atoms with Crippen LogP contribution in [0.2, 0.25) is 0 Å². The van der Waals surface area contributed by atoms with Crippen LogP contribution in [0.5, 0.6) is 0 Å². The second kappa shape index (κ2) is 4.18. The van der Waals surface area contributed by atoms with Gasteiger partial charge in [-0.15, -0.1) is 0 Å². The van der Waals surface area contributed by atoms with Crippen LogP contribution in [-0.2, 0) is 5.54 Å². The molecular formula is C12H22N2. The Labute approximate surface area is 87.1 Å². The van der Waals surface area contributed by atoms with Crippen LogP contribution in [0.15, 0.2) is 12.1 Å². The quantitative estimate of drug-likeness (QED) is 0.784. The zero-order chi connectivity index (χ0) is 10.8. The highest BCUT2D eigenvalue weighted by Gasteiger charge is 2.28. The van der Waals surface area contributed by atoms with Gasteiger partial charge in [0.25, 0.3) is 0 Å². The Bertz CT molecular complexity index is 268. The van der Waals surface area contributed by atoms with Gasteiger partial charge in [0.2, 0.25) is 0 Å². The largest absolute Gasteiger partial charge is 0.342 e. The van der Waals surface area contributed by atoms with Gasteiger partial charge in [-0.2, -0.15) is 0 Å². The summed E-state index contributed by atoms with van der Waals surface area (Å²) in [6.45, 7) is 9.46. The van der Waals surface area contributed by atoms with E-state index in [-0.39, 0.29) is 5.54 Å². The summed E-state index contributed by atoms with van der Waals surface area (Å²) >= 11 is 0. The lowest BCUT2D eigenvalue weighted by atomic mass is 9.92. The van der Waals surface area contributed by atoms with E-state index in [2.05, 4.69) is 44.4 Å². The van der Waals surface area contributed by atoms with Crippen molar-refractivity contribution in [3.8, 4) is 0 Å². The van der Waals surface area contributed by atoms with Crippen molar-refractivity contribution in [2.75, 3.05) is 6.54 Å². The maximum atomic E-state index is 5.94. The van der Waals surface area contributed by atoms with Crippen molar-refractivity contribution >= 4 is 0 Å². The van der Waals surface area contributed by atoms with Crippen LogP contribution in [-0.4, -0.2) is 11.1 Å². The number of hydrogen-bond acceptors (Lipinski definition) is 1. The normalized spacial score (nSPS) is 12.1. The lowest BCUT2D eigenvalue weighted by Crippen LogP contribution is -2.41. The summed E-state index contributed by atoms with van der Waals surface area (Å²) in [7, 11) is 0. The van der Waals surface area contributed by atoms with Crippen molar-refractivity contribution in [1.82, 2.24) is 4.57 Å². The van der Waals surface area contributed by atoms with E-state index in [1.807, 2.05) is 0 Å². The molecule has 0 amide bonds. The van der Waals surface area contributed by atoms with Gasteiger partial charge in [0, 0.05) is 17.9 Å². The molecule has 2 heteroatoms. The third kappa shape index (κ3) is 1.59. The maximum absolute atomic E-state index is 5.94. The Morgan fingerprint density at radius 1 is 1.14 bits per heavy atom. The molecule has 1 heterocycles. The van der Waals surface area contributed by atoms with E-state index in [1.165, 1.54) is 11.4 Å². The van der Waals surface area contributed by atoms with Gasteiger partial charge in [-0.1, -0.05) is 13.8 Å². The summed E-state index contributed by atoms with van der Waals surface area (Å²) in [5.74, 6) is 0. The fourth-order valence-corrected chi connectivity index (χ4v) is 2.36. The topological polar surface area (TPSA) is 30.9 Å². The Morgan fingerprint density at radius 3 is 1.86 bits per heavy atom. The third-order valence-corrected chi connectivity index (χ3v) is 3.44. The van der Waals surface area contributed by atoms with E-state index >= 15 is 0 Å². The second-order valence-corrected chi connectivity index (χ2v) is 4.09. The van der Waals surface area contributed by atoms with Crippen molar-refractivity contribution < 1.29 is 0 Å². The van der Waals surface area contributed by atoms with Crippen LogP contribution < -0.4 is 5.73 Å². The van der Waals surface area contributed by atoms with Crippen LogP contribution in [0, 0.1) is 13.8 Å². The van der Waals surface area contributed by atoms with E-state index in [0.717, 1.165) is 19.4 Å². The Kier molecular flexibility index (Phi) is 3.38. The SMILES string of the molecule is CCC(CC)(CN)n1c(C)ccc1C. The molecule has 0 aliphatic rings. The standard InChI is InChI=1S/C12H22N2/c1-5-12(6-2,9-13)14-10(3)7-8-11(14)4/h7-8H,5-6,9,13H2,1-4H3. The van der Waals surface area contributed by atoms with Gasteiger partial charge < -0.3 is 10.3 Å². The molecule has 0 saturated heterocycles. The van der Waals surface area contributed by atoms with Crippen LogP contribution in [0.1, 0.15) is 38.1 Å². The van der Waals surface area contributed by atoms with Crippen LogP contribution in [0.3, 0.4) is 0 Å². The maximum Gasteiger partial charge on any atom is 0.0561 e. The van der Waals surface area contributed by atoms with Gasteiger partial charge in [-0.05, 0) is 38.8 Å². The van der Waals surface area contributed by atoms with Crippen LogP contribution in [0.4, 0.5) is 0 Å². The molecule has 0 aliphatic heterocycles. The van der Waals surface area contributed by atoms with Gasteiger partial charge in [0.15, 0.2) is 0 Å². The minimum atomic E-state index is 0.123. The molecule has 14 heavy (non-hydrogen) atoms. The minimum Gasteiger partial charge on any atom is -0.342 e. The molecule has 2 nitrogen and oxygen atoms in total. The predicted molar refractivity (Wildman–Crippen MR) is 61.5 cm³/mol. The molecular weight excluding hydrogens is 172 g/mol. The third-order valence-electron chi connectivity index (χ3n) is 3.44. The molecule has 0 aliphatic carbocycles. The highest BCUT2D eigenvalue weighted by Crippen LogP contribution is 2.28. The predicted octanol–water partition coefficient (Wildman–Crippen LogP) is 2.58. The Hall–Kier alpha value is -0.760. The molecule has 0 radical (unpaired) electrons. The molecule has 1 aromatic rings. The van der Waals surface area contributed by atoms with E-state index in [4.69, 9.17) is 5.73 Å². The van der Waals surface area contributed by atoms with Crippen molar-refractivity contribution in [3.05, 3.63) is 23.5 Å². The molecule has 0 aromatic carbocycles. The molecule has 0 bridgehead atoms. The second-order valence-electron chi connectivity index (χ2n) is 4.09. The number of nitrogens with zero attached hydrogens (tertiary/aromatic N) is 1. The monoisotopic (exact) mass is 194 g/mol. The van der Waals surface area contributed by atoms with Gasteiger partial charge in [0.05, 0.1) is 5.54 Å². The highest BCUT2D eigenvalue weighted by atomic mass is 15.1. The van der Waals surface area contributed by atoms with Crippen LogP contribution >= 0.6 is 0 Å². The molecule has 0 fully saturated rings. The smallest absolute Gasteiger partial charge is 0.0561 e. The average molecular weight is 194 g/mol. The lowest BCUT2D eigenvalue weighted by molar-refractivity contribution is 0.263. The summed E-state index contributed by atoms with van der Waals surface area (Å²) in [6.07, 6.45) is 2.19. The first-order chi connectivity index (χ1) is 6.61. The summed E-state index contributed by atoms with van der Waals surface area (Å²) in [5.41, 5.74) is 8.69. The Balaban J connectivity index is 3.23. The van der Waals surface area contributed by atoms with E-state index < -0.39 is 0 Å². The van der Waals surface area contributed by atoms with Crippen molar-refractivity contribution in [2.24, 2.45) is 5.73 Å². The van der Waals surface area contributed by atoms with Crippen LogP contribution in [0.25, 0.3) is 0 Å². The van der Waals surface area contributed by atoms with Gasteiger partial charge in [0.1, 0.15) is 0 Å². The number of rotatable bonds is 4. The number of aromatic nitrogens is 1. The number of nitrogens with two attached hydrogens (primary N) is 1. The van der Waals surface area contributed by atoms with Crippen molar-refractivity contribution in [3.63, 3.8) is 0 Å². The first-order valence-corrected chi connectivity index (χ1v) is 5.46. The molecule has 0 saturated carbocycles. The molecule has 0 spiro atoms. The van der Waals surface area contributed by atoms with E-state index in [1.54, 1.807) is 0 Å². The summed E-state index contributed by atoms with van der Waals surface area (Å²) < 4.78 is 2.40. The summed E-state index contributed by atoms with van der Waals surface area (Å²) in [6, 6.07) is 4.34. The first kappa shape index (κ1) is 11.3. The minimum absolute atomic E-state index is 0.123. The van der Waals surface area contributed by atoms with Gasteiger partial charge in [-0.3, -0.25) is 0 Å². The molecule has 1 rings (SSSR count). The molecule has 0 atom stereocenters. The lowest BCUT2D eigenvalue weighted by Gasteiger charge is -2.35. The molecule has 80 valence electrons. The van der Waals surface area contributed by atoms with E-state index in [9.17, 15) is 0 Å².